The van der Waals surface area contributed by atoms with Gasteiger partial charge in [0.05, 0.1) is 0 Å². The first kappa shape index (κ1) is 8.01. The van der Waals surface area contributed by atoms with Crippen molar-refractivity contribution in [2.24, 2.45) is 0 Å². The Morgan fingerprint density at radius 3 is 3.09 bits per heavy atom. The van der Waals surface area contributed by atoms with Gasteiger partial charge in [-0.3, -0.25) is 0 Å². The van der Waals surface area contributed by atoms with Gasteiger partial charge < -0.3 is 4.98 Å². The smallest absolute Gasteiger partial charge is 0.312 e. The third-order valence-corrected chi connectivity index (χ3v) is 1.27. The first-order valence-corrected chi connectivity index (χ1v) is 3.63. The van der Waals surface area contributed by atoms with Crippen molar-refractivity contribution in [2.75, 3.05) is 5.88 Å². The molecule has 1 heterocycles. The van der Waals surface area contributed by atoms with Gasteiger partial charge in [0.2, 0.25) is 0 Å². The van der Waals surface area contributed by atoms with E-state index >= 15 is 0 Å². The molecule has 11 heavy (non-hydrogen) atoms. The molecule has 58 valence electrons. The Labute approximate surface area is 68.7 Å². The summed E-state index contributed by atoms with van der Waals surface area (Å²) in [6.45, 7) is 0. The first-order chi connectivity index (χ1) is 5.33. The van der Waals surface area contributed by atoms with Crippen LogP contribution in [-0.4, -0.2) is 15.8 Å². The molecule has 0 bridgehead atoms. The van der Waals surface area contributed by atoms with Crippen LogP contribution in [0, 0.1) is 0 Å². The summed E-state index contributed by atoms with van der Waals surface area (Å²) in [7, 11) is 0. The van der Waals surface area contributed by atoms with E-state index < -0.39 is 0 Å². The van der Waals surface area contributed by atoms with Crippen LogP contribution in [0.2, 0.25) is 0 Å². The van der Waals surface area contributed by atoms with Gasteiger partial charge in [-0.05, 0) is 0 Å². The van der Waals surface area contributed by atoms with Gasteiger partial charge in [-0.15, -0.1) is 11.6 Å². The molecule has 4 heteroatoms. The van der Waals surface area contributed by atoms with E-state index in [1.54, 1.807) is 18.3 Å². The van der Waals surface area contributed by atoms with Crippen molar-refractivity contribution in [3.8, 4) is 0 Å². The zero-order chi connectivity index (χ0) is 8.10. The minimum atomic E-state index is -0.340. The standard InChI is InChI=1S/C7H7ClN2O/c8-3-1-2-6-4-9-7(11)10-5-6/h1-2,4-5H,3H2,(H,9,10,11). The largest absolute Gasteiger partial charge is 0.344 e. The van der Waals surface area contributed by atoms with Gasteiger partial charge in [-0.2, -0.15) is 0 Å². The fourth-order valence-electron chi connectivity index (χ4n) is 0.625. The van der Waals surface area contributed by atoms with E-state index in [1.807, 2.05) is 0 Å². The summed E-state index contributed by atoms with van der Waals surface area (Å²) in [6.07, 6.45) is 6.63. The number of aromatic amines is 1. The Morgan fingerprint density at radius 2 is 2.55 bits per heavy atom. The lowest BCUT2D eigenvalue weighted by atomic mass is 10.3. The average molecular weight is 171 g/mol. The third-order valence-electron chi connectivity index (χ3n) is 1.09. The SMILES string of the molecule is O=c1ncc(C=CCCl)c[nH]1. The lowest BCUT2D eigenvalue weighted by molar-refractivity contribution is 1.07. The third kappa shape index (κ3) is 2.55. The summed E-state index contributed by atoms with van der Waals surface area (Å²) in [5, 5.41) is 0. The summed E-state index contributed by atoms with van der Waals surface area (Å²) in [4.78, 5) is 16.5. The fourth-order valence-corrected chi connectivity index (χ4v) is 0.714. The van der Waals surface area contributed by atoms with Crippen LogP contribution < -0.4 is 5.69 Å². The molecule has 1 aromatic rings. The second-order valence-corrected chi connectivity index (χ2v) is 2.22. The quantitative estimate of drug-likeness (QED) is 0.674. The van der Waals surface area contributed by atoms with Gasteiger partial charge in [-0.25, -0.2) is 9.78 Å². The number of rotatable bonds is 2. The Bertz CT molecular complexity index is 285. The molecule has 0 fully saturated rings. The van der Waals surface area contributed by atoms with E-state index in [0.717, 1.165) is 5.56 Å². The van der Waals surface area contributed by atoms with Gasteiger partial charge in [0.25, 0.3) is 0 Å². The molecule has 0 radical (unpaired) electrons. The van der Waals surface area contributed by atoms with Gasteiger partial charge in [0, 0.05) is 23.8 Å². The first-order valence-electron chi connectivity index (χ1n) is 3.10. The lowest BCUT2D eigenvalue weighted by Gasteiger charge is -1.87. The maximum Gasteiger partial charge on any atom is 0.344 e. The lowest BCUT2D eigenvalue weighted by Crippen LogP contribution is -2.07. The zero-order valence-corrected chi connectivity index (χ0v) is 6.51. The molecule has 0 aliphatic carbocycles. The van der Waals surface area contributed by atoms with E-state index in [9.17, 15) is 4.79 Å². The van der Waals surface area contributed by atoms with Crippen LogP contribution in [-0.2, 0) is 0 Å². The molecule has 1 aromatic heterocycles. The van der Waals surface area contributed by atoms with Crippen molar-refractivity contribution < 1.29 is 0 Å². The predicted octanol–water partition coefficient (Wildman–Crippen LogP) is 1.02. The Morgan fingerprint density at radius 1 is 1.73 bits per heavy atom. The molecule has 1 N–H and O–H groups in total. The average Bonchev–Trinajstić information content (AvgIpc) is 2.04. The molecular formula is C7H7ClN2O. The fraction of sp³-hybridized carbons (Fsp3) is 0.143. The van der Waals surface area contributed by atoms with E-state index in [4.69, 9.17) is 11.6 Å². The number of allylic oxidation sites excluding steroid dienone is 1. The molecule has 0 saturated carbocycles. The van der Waals surface area contributed by atoms with Gasteiger partial charge in [-0.1, -0.05) is 12.2 Å². The number of nitrogens with one attached hydrogen (secondary N) is 1. The number of aromatic nitrogens is 2. The van der Waals surface area contributed by atoms with Crippen LogP contribution >= 0.6 is 11.6 Å². The molecule has 0 atom stereocenters. The molecule has 0 amide bonds. The van der Waals surface area contributed by atoms with E-state index in [1.165, 1.54) is 6.20 Å². The van der Waals surface area contributed by atoms with Crippen LogP contribution in [0.4, 0.5) is 0 Å². The molecule has 0 aliphatic rings. The van der Waals surface area contributed by atoms with Gasteiger partial charge >= 0.3 is 5.69 Å². The van der Waals surface area contributed by atoms with Crippen molar-refractivity contribution >= 4 is 17.7 Å². The monoisotopic (exact) mass is 170 g/mol. The summed E-state index contributed by atoms with van der Waals surface area (Å²) < 4.78 is 0. The van der Waals surface area contributed by atoms with Gasteiger partial charge in [0.1, 0.15) is 0 Å². The van der Waals surface area contributed by atoms with Crippen LogP contribution in [0.25, 0.3) is 6.08 Å². The highest BCUT2D eigenvalue weighted by molar-refractivity contribution is 6.19. The molecular weight excluding hydrogens is 164 g/mol. The molecule has 0 unspecified atom stereocenters. The maximum absolute atomic E-state index is 10.5. The Balaban J connectivity index is 2.82. The topological polar surface area (TPSA) is 45.8 Å². The summed E-state index contributed by atoms with van der Waals surface area (Å²) >= 11 is 5.40. The normalized spacial score (nSPS) is 10.6. The number of hydrogen-bond acceptors (Lipinski definition) is 2. The van der Waals surface area contributed by atoms with E-state index in [2.05, 4.69) is 9.97 Å². The molecule has 0 aliphatic heterocycles. The molecule has 3 nitrogen and oxygen atoms in total. The van der Waals surface area contributed by atoms with E-state index in [0.29, 0.717) is 5.88 Å². The number of hydrogen-bond donors (Lipinski definition) is 1. The maximum atomic E-state index is 10.5. The number of alkyl halides is 1. The van der Waals surface area contributed by atoms with Crippen LogP contribution in [0.15, 0.2) is 23.3 Å². The predicted molar refractivity (Wildman–Crippen MR) is 44.6 cm³/mol. The summed E-state index contributed by atoms with van der Waals surface area (Å²) in [5.41, 5.74) is 0.498. The molecule has 1 rings (SSSR count). The Kier molecular flexibility index (Phi) is 2.86. The van der Waals surface area contributed by atoms with Gasteiger partial charge in [0.15, 0.2) is 0 Å². The highest BCUT2D eigenvalue weighted by Gasteiger charge is 1.85. The number of halogens is 1. The minimum Gasteiger partial charge on any atom is -0.312 e. The minimum absolute atomic E-state index is 0.340. The molecule has 0 spiro atoms. The summed E-state index contributed by atoms with van der Waals surface area (Å²) in [6, 6.07) is 0. The van der Waals surface area contributed by atoms with Crippen molar-refractivity contribution in [1.29, 1.82) is 0 Å². The van der Waals surface area contributed by atoms with Crippen molar-refractivity contribution in [3.63, 3.8) is 0 Å². The second-order valence-electron chi connectivity index (χ2n) is 1.91. The number of nitrogens with zero attached hydrogens (tertiary/aromatic N) is 1. The van der Waals surface area contributed by atoms with Crippen molar-refractivity contribution in [3.05, 3.63) is 34.5 Å². The van der Waals surface area contributed by atoms with Crippen LogP contribution in [0.3, 0.4) is 0 Å². The van der Waals surface area contributed by atoms with Crippen LogP contribution in [0.5, 0.6) is 0 Å². The highest BCUT2D eigenvalue weighted by Crippen LogP contribution is 1.94. The highest BCUT2D eigenvalue weighted by atomic mass is 35.5. The van der Waals surface area contributed by atoms with Crippen LogP contribution in [0.1, 0.15) is 5.56 Å². The van der Waals surface area contributed by atoms with Crippen molar-refractivity contribution in [2.45, 2.75) is 0 Å². The summed E-state index contributed by atoms with van der Waals surface area (Å²) in [5.74, 6) is 0.457. The Hall–Kier alpha value is -1.09. The molecule has 0 aromatic carbocycles. The number of H-pyrrole nitrogens is 1. The second kappa shape index (κ2) is 3.93. The van der Waals surface area contributed by atoms with E-state index in [-0.39, 0.29) is 5.69 Å². The van der Waals surface area contributed by atoms with Crippen molar-refractivity contribution in [1.82, 2.24) is 9.97 Å². The zero-order valence-electron chi connectivity index (χ0n) is 5.75. The molecule has 0 saturated heterocycles.